The number of carbonyl (C=O) groups excluding carboxylic acids is 3. The van der Waals surface area contributed by atoms with Crippen LogP contribution in [0.4, 0.5) is 0 Å². The van der Waals surface area contributed by atoms with Crippen LogP contribution in [-0.4, -0.2) is 53.0 Å². The van der Waals surface area contributed by atoms with Crippen molar-refractivity contribution in [1.82, 2.24) is 15.0 Å². The summed E-state index contributed by atoms with van der Waals surface area (Å²) >= 11 is 0. The van der Waals surface area contributed by atoms with Crippen LogP contribution in [0.5, 0.6) is 0 Å². The molecular weight excluding hydrogens is 370 g/mol. The predicted molar refractivity (Wildman–Crippen MR) is 105 cm³/mol. The van der Waals surface area contributed by atoms with Crippen LogP contribution in [0.1, 0.15) is 44.7 Å². The lowest BCUT2D eigenvalue weighted by Gasteiger charge is -2.29. The van der Waals surface area contributed by atoms with E-state index in [1.807, 2.05) is 12.1 Å². The molecule has 2 aliphatic rings. The van der Waals surface area contributed by atoms with E-state index in [9.17, 15) is 14.4 Å². The van der Waals surface area contributed by atoms with E-state index in [2.05, 4.69) is 17.1 Å². The summed E-state index contributed by atoms with van der Waals surface area (Å²) in [6, 6.07) is 9.73. The van der Waals surface area contributed by atoms with Gasteiger partial charge in [-0.15, -0.1) is 0 Å². The number of esters is 1. The van der Waals surface area contributed by atoms with Crippen LogP contribution in [0.3, 0.4) is 0 Å². The van der Waals surface area contributed by atoms with E-state index >= 15 is 0 Å². The highest BCUT2D eigenvalue weighted by molar-refractivity contribution is 6.05. The first-order valence-corrected chi connectivity index (χ1v) is 9.79. The third-order valence-electron chi connectivity index (χ3n) is 5.61. The molecule has 1 aromatic heterocycles. The smallest absolute Gasteiger partial charge is 0.338 e. The van der Waals surface area contributed by atoms with Crippen LogP contribution in [0.25, 0.3) is 0 Å². The van der Waals surface area contributed by atoms with Crippen LogP contribution in [0, 0.1) is 5.92 Å². The summed E-state index contributed by atoms with van der Waals surface area (Å²) < 4.78 is 4.77. The van der Waals surface area contributed by atoms with E-state index in [0.717, 1.165) is 12.8 Å². The van der Waals surface area contributed by atoms with Crippen molar-refractivity contribution in [2.45, 2.75) is 25.7 Å². The molecule has 0 spiro atoms. The zero-order valence-corrected chi connectivity index (χ0v) is 16.3. The number of fused-ring (bicyclic) bond motifs is 1. The zero-order chi connectivity index (χ0) is 20.4. The third kappa shape index (κ3) is 3.72. The van der Waals surface area contributed by atoms with Crippen molar-refractivity contribution in [2.75, 3.05) is 20.2 Å². The van der Waals surface area contributed by atoms with Crippen LogP contribution < -0.4 is 0 Å². The number of hydrazine groups is 1. The average Bonchev–Trinajstić information content (AvgIpc) is 3.39. The van der Waals surface area contributed by atoms with Gasteiger partial charge in [0.05, 0.1) is 18.2 Å². The number of carbonyl (C=O) groups is 3. The molecule has 1 aromatic carbocycles. The van der Waals surface area contributed by atoms with Crippen molar-refractivity contribution in [1.29, 1.82) is 0 Å². The van der Waals surface area contributed by atoms with E-state index in [4.69, 9.17) is 4.74 Å². The molecule has 1 aliphatic heterocycles. The number of amides is 2. The number of ether oxygens (including phenoxy) is 1. The molecule has 0 unspecified atom stereocenters. The van der Waals surface area contributed by atoms with Crippen LogP contribution in [0.2, 0.25) is 0 Å². The first-order valence-electron chi connectivity index (χ1n) is 9.79. The molecule has 0 atom stereocenters. The monoisotopic (exact) mass is 393 g/mol. The first-order chi connectivity index (χ1) is 14.1. The van der Waals surface area contributed by atoms with Crippen molar-refractivity contribution in [3.8, 4) is 0 Å². The SMILES string of the molecule is COC(=O)c1ccncc1C(=O)N1CCCN1C(=O)CC1Cc2ccccc2C1. The van der Waals surface area contributed by atoms with Gasteiger partial charge in [0.1, 0.15) is 0 Å². The fourth-order valence-electron chi connectivity index (χ4n) is 4.22. The van der Waals surface area contributed by atoms with E-state index in [0.29, 0.717) is 25.9 Å². The van der Waals surface area contributed by atoms with Crippen LogP contribution in [0.15, 0.2) is 42.7 Å². The van der Waals surface area contributed by atoms with Gasteiger partial charge in [-0.25, -0.2) is 9.80 Å². The molecule has 1 fully saturated rings. The highest BCUT2D eigenvalue weighted by Crippen LogP contribution is 2.30. The number of rotatable bonds is 4. The first kappa shape index (κ1) is 19.1. The Kier molecular flexibility index (Phi) is 5.29. The van der Waals surface area contributed by atoms with Crippen molar-refractivity contribution in [3.05, 3.63) is 65.0 Å². The summed E-state index contributed by atoms with van der Waals surface area (Å²) in [5.74, 6) is -0.811. The number of aromatic nitrogens is 1. The second-order valence-electron chi connectivity index (χ2n) is 7.46. The van der Waals surface area contributed by atoms with Crippen molar-refractivity contribution in [2.24, 2.45) is 5.92 Å². The maximum Gasteiger partial charge on any atom is 0.338 e. The van der Waals surface area contributed by atoms with Gasteiger partial charge in [-0.2, -0.15) is 0 Å². The zero-order valence-electron chi connectivity index (χ0n) is 16.3. The fraction of sp³-hybridized carbons (Fsp3) is 0.364. The van der Waals surface area contributed by atoms with Crippen molar-refractivity contribution in [3.63, 3.8) is 0 Å². The summed E-state index contributed by atoms with van der Waals surface area (Å²) in [5, 5.41) is 2.97. The molecule has 0 radical (unpaired) electrons. The van der Waals surface area contributed by atoms with Gasteiger partial charge in [-0.3, -0.25) is 19.6 Å². The predicted octanol–water partition coefficient (Wildman–Crippen LogP) is 2.26. The van der Waals surface area contributed by atoms with Gasteiger partial charge in [0, 0.05) is 31.9 Å². The third-order valence-corrected chi connectivity index (χ3v) is 5.61. The minimum absolute atomic E-state index is 0.0582. The number of nitrogens with zero attached hydrogens (tertiary/aromatic N) is 3. The molecule has 150 valence electrons. The Morgan fingerprint density at radius 3 is 2.41 bits per heavy atom. The van der Waals surface area contributed by atoms with E-state index in [1.165, 1.54) is 46.7 Å². The molecule has 4 rings (SSSR count). The van der Waals surface area contributed by atoms with Gasteiger partial charge >= 0.3 is 5.97 Å². The van der Waals surface area contributed by atoms with Crippen molar-refractivity contribution < 1.29 is 19.1 Å². The molecule has 2 heterocycles. The number of hydrogen-bond donors (Lipinski definition) is 0. The molecule has 1 saturated heterocycles. The average molecular weight is 393 g/mol. The summed E-state index contributed by atoms with van der Waals surface area (Å²) in [6.45, 7) is 0.934. The summed E-state index contributed by atoms with van der Waals surface area (Å²) in [4.78, 5) is 42.1. The van der Waals surface area contributed by atoms with Crippen LogP contribution in [-0.2, 0) is 22.4 Å². The summed E-state index contributed by atoms with van der Waals surface area (Å²) in [6.07, 6.45) is 5.67. The van der Waals surface area contributed by atoms with Crippen LogP contribution >= 0.6 is 0 Å². The topological polar surface area (TPSA) is 79.8 Å². The molecule has 0 bridgehead atoms. The second kappa shape index (κ2) is 8.03. The normalized spacial score (nSPS) is 16.0. The number of pyridine rings is 1. The molecule has 1 aliphatic carbocycles. The lowest BCUT2D eigenvalue weighted by Crippen LogP contribution is -2.45. The van der Waals surface area contributed by atoms with Gasteiger partial charge in [-0.05, 0) is 42.4 Å². The highest BCUT2D eigenvalue weighted by Gasteiger charge is 2.35. The quantitative estimate of drug-likeness (QED) is 0.745. The summed E-state index contributed by atoms with van der Waals surface area (Å²) in [5.41, 5.74) is 2.90. The molecular formula is C22H23N3O4. The van der Waals surface area contributed by atoms with Gasteiger partial charge in [-0.1, -0.05) is 24.3 Å². The van der Waals surface area contributed by atoms with Crippen molar-refractivity contribution >= 4 is 17.8 Å². The standard InChI is InChI=1S/C22H23N3O4/c1-29-22(28)18-7-8-23-14-19(18)21(27)25-10-4-9-24(25)20(26)13-15-11-16-5-2-3-6-17(16)12-15/h2-3,5-8,14-15H,4,9-13H2,1H3. The Bertz CT molecular complexity index is 934. The number of methoxy groups -OCH3 is 1. The lowest BCUT2D eigenvalue weighted by molar-refractivity contribution is -0.141. The Morgan fingerprint density at radius 1 is 1.03 bits per heavy atom. The summed E-state index contributed by atoms with van der Waals surface area (Å²) in [7, 11) is 1.27. The van der Waals surface area contributed by atoms with Gasteiger partial charge in [0.2, 0.25) is 5.91 Å². The maximum atomic E-state index is 13.1. The number of benzene rings is 1. The Balaban J connectivity index is 1.48. The molecule has 7 heteroatoms. The van der Waals surface area contributed by atoms with Gasteiger partial charge < -0.3 is 4.74 Å². The second-order valence-corrected chi connectivity index (χ2v) is 7.46. The molecule has 0 saturated carbocycles. The minimum atomic E-state index is -0.600. The van der Waals surface area contributed by atoms with E-state index < -0.39 is 11.9 Å². The minimum Gasteiger partial charge on any atom is -0.465 e. The van der Waals surface area contributed by atoms with E-state index in [1.54, 1.807) is 0 Å². The van der Waals surface area contributed by atoms with Gasteiger partial charge in [0.15, 0.2) is 0 Å². The largest absolute Gasteiger partial charge is 0.465 e. The fourth-order valence-corrected chi connectivity index (χ4v) is 4.22. The highest BCUT2D eigenvalue weighted by atomic mass is 16.5. The number of hydrogen-bond acceptors (Lipinski definition) is 5. The maximum absolute atomic E-state index is 13.1. The molecule has 29 heavy (non-hydrogen) atoms. The lowest BCUT2D eigenvalue weighted by atomic mass is 10.0. The Morgan fingerprint density at radius 2 is 1.72 bits per heavy atom. The van der Waals surface area contributed by atoms with Gasteiger partial charge in [0.25, 0.3) is 5.91 Å². The Hall–Kier alpha value is -3.22. The van der Waals surface area contributed by atoms with E-state index in [-0.39, 0.29) is 23.0 Å². The molecule has 2 aromatic rings. The molecule has 7 nitrogen and oxygen atoms in total. The molecule has 0 N–H and O–H groups in total. The Labute approximate surface area is 169 Å². The molecule has 2 amide bonds.